The van der Waals surface area contributed by atoms with Gasteiger partial charge in [0.1, 0.15) is 0 Å². The van der Waals surface area contributed by atoms with Gasteiger partial charge in [0, 0.05) is 26.2 Å². The molecule has 0 radical (unpaired) electrons. The minimum atomic E-state index is -0.727. The van der Waals surface area contributed by atoms with Crippen molar-refractivity contribution < 1.29 is 14.7 Å². The zero-order valence-corrected chi connectivity index (χ0v) is 11.0. The van der Waals surface area contributed by atoms with Gasteiger partial charge in [-0.15, -0.1) is 0 Å². The van der Waals surface area contributed by atoms with Crippen molar-refractivity contribution in [3.05, 3.63) is 0 Å². The summed E-state index contributed by atoms with van der Waals surface area (Å²) < 4.78 is 0. The van der Waals surface area contributed by atoms with E-state index >= 15 is 0 Å². The summed E-state index contributed by atoms with van der Waals surface area (Å²) >= 11 is 0. The van der Waals surface area contributed by atoms with Crippen molar-refractivity contribution in [2.24, 2.45) is 11.8 Å². The quantitative estimate of drug-likeness (QED) is 0.814. The molecular formula is C13H22N2O3. The van der Waals surface area contributed by atoms with Gasteiger partial charge in [0.2, 0.25) is 0 Å². The van der Waals surface area contributed by atoms with Crippen LogP contribution in [0.5, 0.6) is 0 Å². The number of hydrogen-bond donors (Lipinski definition) is 1. The monoisotopic (exact) mass is 254 g/mol. The third-order valence-electron chi connectivity index (χ3n) is 4.25. The van der Waals surface area contributed by atoms with Crippen LogP contribution in [0.4, 0.5) is 4.79 Å². The Labute approximate surface area is 108 Å². The summed E-state index contributed by atoms with van der Waals surface area (Å²) in [5, 5.41) is 8.93. The van der Waals surface area contributed by atoms with E-state index in [2.05, 4.69) is 6.92 Å². The third-order valence-corrected chi connectivity index (χ3v) is 4.25. The summed E-state index contributed by atoms with van der Waals surface area (Å²) in [5.41, 5.74) is 0. The molecule has 0 aromatic heterocycles. The zero-order chi connectivity index (χ0) is 13.1. The van der Waals surface area contributed by atoms with Crippen LogP contribution in [0.1, 0.15) is 32.6 Å². The lowest BCUT2D eigenvalue weighted by atomic mass is 9.97. The molecule has 2 amide bonds. The van der Waals surface area contributed by atoms with E-state index in [1.54, 1.807) is 0 Å². The van der Waals surface area contributed by atoms with Crippen molar-refractivity contribution in [3.63, 3.8) is 0 Å². The molecule has 18 heavy (non-hydrogen) atoms. The van der Waals surface area contributed by atoms with Gasteiger partial charge in [0.25, 0.3) is 0 Å². The first kappa shape index (κ1) is 13.2. The van der Waals surface area contributed by atoms with Crippen LogP contribution in [-0.4, -0.2) is 53.1 Å². The Kier molecular flexibility index (Phi) is 4.09. The van der Waals surface area contributed by atoms with Crippen LogP contribution in [0.2, 0.25) is 0 Å². The minimum absolute atomic E-state index is 0.106. The van der Waals surface area contributed by atoms with Crippen molar-refractivity contribution in [2.45, 2.75) is 32.6 Å². The van der Waals surface area contributed by atoms with E-state index in [1.165, 1.54) is 0 Å². The molecule has 0 aliphatic carbocycles. The summed E-state index contributed by atoms with van der Waals surface area (Å²) in [4.78, 5) is 26.8. The first-order valence-electron chi connectivity index (χ1n) is 6.88. The average Bonchev–Trinajstić information content (AvgIpc) is 2.86. The number of nitrogens with zero attached hydrogens (tertiary/aromatic N) is 2. The highest BCUT2D eigenvalue weighted by Gasteiger charge is 2.32. The topological polar surface area (TPSA) is 60.9 Å². The largest absolute Gasteiger partial charge is 0.481 e. The van der Waals surface area contributed by atoms with Gasteiger partial charge in [-0.25, -0.2) is 4.79 Å². The van der Waals surface area contributed by atoms with E-state index in [0.717, 1.165) is 25.9 Å². The molecular weight excluding hydrogens is 232 g/mol. The van der Waals surface area contributed by atoms with Crippen molar-refractivity contribution in [1.82, 2.24) is 9.80 Å². The Morgan fingerprint density at radius 3 is 2.22 bits per heavy atom. The van der Waals surface area contributed by atoms with Gasteiger partial charge in [0.15, 0.2) is 0 Å². The van der Waals surface area contributed by atoms with Crippen LogP contribution >= 0.6 is 0 Å². The Hall–Kier alpha value is -1.26. The number of amides is 2. The molecule has 2 fully saturated rings. The molecule has 2 aliphatic rings. The number of aliphatic carboxylic acids is 1. The van der Waals surface area contributed by atoms with Gasteiger partial charge in [-0.3, -0.25) is 4.79 Å². The van der Waals surface area contributed by atoms with E-state index in [9.17, 15) is 9.59 Å². The predicted octanol–water partition coefficient (Wildman–Crippen LogP) is 1.63. The first-order chi connectivity index (χ1) is 8.61. The van der Waals surface area contributed by atoms with Crippen molar-refractivity contribution in [3.8, 4) is 0 Å². The molecule has 1 N–H and O–H groups in total. The number of carboxylic acids is 1. The smallest absolute Gasteiger partial charge is 0.320 e. The SMILES string of the molecule is CCC1CCN(C(=O)N2CCC(C(=O)O)CC2)C1. The highest BCUT2D eigenvalue weighted by molar-refractivity contribution is 5.75. The molecule has 0 aromatic carbocycles. The predicted molar refractivity (Wildman–Crippen MR) is 67.3 cm³/mol. The summed E-state index contributed by atoms with van der Waals surface area (Å²) in [5.74, 6) is -0.351. The number of rotatable bonds is 2. The highest BCUT2D eigenvalue weighted by Crippen LogP contribution is 2.23. The zero-order valence-electron chi connectivity index (χ0n) is 11.0. The van der Waals surface area contributed by atoms with Gasteiger partial charge in [0.05, 0.1) is 5.92 Å². The number of piperidine rings is 1. The minimum Gasteiger partial charge on any atom is -0.481 e. The molecule has 0 bridgehead atoms. The number of hydrogen-bond acceptors (Lipinski definition) is 2. The standard InChI is InChI=1S/C13H22N2O3/c1-2-10-3-6-15(9-10)13(18)14-7-4-11(5-8-14)12(16)17/h10-11H,2-9H2,1H3,(H,16,17). The van der Waals surface area contributed by atoms with Gasteiger partial charge < -0.3 is 14.9 Å². The third kappa shape index (κ3) is 2.76. The molecule has 5 heteroatoms. The molecule has 2 aliphatic heterocycles. The number of carbonyl (C=O) groups is 2. The molecule has 5 nitrogen and oxygen atoms in total. The Morgan fingerprint density at radius 2 is 1.72 bits per heavy atom. The lowest BCUT2D eigenvalue weighted by Gasteiger charge is -2.33. The Morgan fingerprint density at radius 1 is 1.11 bits per heavy atom. The van der Waals surface area contributed by atoms with Crippen molar-refractivity contribution in [2.75, 3.05) is 26.2 Å². The summed E-state index contributed by atoms with van der Waals surface area (Å²) in [6.07, 6.45) is 3.41. The molecule has 2 saturated heterocycles. The van der Waals surface area contributed by atoms with Gasteiger partial charge in [-0.05, 0) is 25.2 Å². The normalized spacial score (nSPS) is 25.5. The van der Waals surface area contributed by atoms with Crippen molar-refractivity contribution in [1.29, 1.82) is 0 Å². The first-order valence-corrected chi connectivity index (χ1v) is 6.88. The van der Waals surface area contributed by atoms with Crippen molar-refractivity contribution >= 4 is 12.0 Å². The number of likely N-dealkylation sites (tertiary alicyclic amines) is 2. The average molecular weight is 254 g/mol. The van der Waals surface area contributed by atoms with Crippen LogP contribution in [0.25, 0.3) is 0 Å². The number of urea groups is 1. The maximum Gasteiger partial charge on any atom is 0.320 e. The van der Waals surface area contributed by atoms with Gasteiger partial charge >= 0.3 is 12.0 Å². The van der Waals surface area contributed by atoms with Crippen LogP contribution in [0.15, 0.2) is 0 Å². The summed E-state index contributed by atoms with van der Waals surface area (Å²) in [6.45, 7) is 5.06. The second-order valence-electron chi connectivity index (χ2n) is 5.39. The molecule has 1 unspecified atom stereocenters. The molecule has 0 aromatic rings. The second kappa shape index (κ2) is 5.59. The highest BCUT2D eigenvalue weighted by atomic mass is 16.4. The molecule has 0 saturated carbocycles. The fourth-order valence-electron chi connectivity index (χ4n) is 2.86. The fraction of sp³-hybridized carbons (Fsp3) is 0.846. The summed E-state index contributed by atoms with van der Waals surface area (Å²) in [7, 11) is 0. The number of carboxylic acid groups (broad SMARTS) is 1. The van der Waals surface area contributed by atoms with Gasteiger partial charge in [-0.2, -0.15) is 0 Å². The van der Waals surface area contributed by atoms with Crippen LogP contribution in [-0.2, 0) is 4.79 Å². The van der Waals surface area contributed by atoms with E-state index in [4.69, 9.17) is 5.11 Å². The van der Waals surface area contributed by atoms with Crippen LogP contribution in [0.3, 0.4) is 0 Å². The second-order valence-corrected chi connectivity index (χ2v) is 5.39. The number of carbonyl (C=O) groups excluding carboxylic acids is 1. The van der Waals surface area contributed by atoms with Crippen LogP contribution < -0.4 is 0 Å². The Bertz CT molecular complexity index is 324. The summed E-state index contributed by atoms with van der Waals surface area (Å²) in [6, 6.07) is 0.106. The molecule has 1 atom stereocenters. The molecule has 2 rings (SSSR count). The van der Waals surface area contributed by atoms with E-state index in [0.29, 0.717) is 31.8 Å². The lowest BCUT2D eigenvalue weighted by Crippen LogP contribution is -2.46. The molecule has 102 valence electrons. The lowest BCUT2D eigenvalue weighted by molar-refractivity contribution is -0.143. The van der Waals surface area contributed by atoms with Gasteiger partial charge in [-0.1, -0.05) is 13.3 Å². The van der Waals surface area contributed by atoms with Crippen LogP contribution in [0, 0.1) is 11.8 Å². The van der Waals surface area contributed by atoms with E-state index in [-0.39, 0.29) is 11.9 Å². The molecule has 0 spiro atoms. The molecule has 2 heterocycles. The fourth-order valence-corrected chi connectivity index (χ4v) is 2.86. The van der Waals surface area contributed by atoms with E-state index < -0.39 is 5.97 Å². The Balaban J connectivity index is 1.83. The maximum absolute atomic E-state index is 12.2. The maximum atomic E-state index is 12.2. The van der Waals surface area contributed by atoms with E-state index in [1.807, 2.05) is 9.80 Å².